The summed E-state index contributed by atoms with van der Waals surface area (Å²) in [5.74, 6) is 1.01. The minimum Gasteiger partial charge on any atom is -0.490 e. The van der Waals surface area contributed by atoms with E-state index >= 15 is 0 Å². The summed E-state index contributed by atoms with van der Waals surface area (Å²) in [5.41, 5.74) is 1.31. The lowest BCUT2D eigenvalue weighted by Crippen LogP contribution is -2.54. The molecule has 1 aliphatic carbocycles. The van der Waals surface area contributed by atoms with Crippen LogP contribution in [0.5, 0.6) is 5.75 Å². The quantitative estimate of drug-likeness (QED) is 0.852. The van der Waals surface area contributed by atoms with Crippen molar-refractivity contribution in [3.05, 3.63) is 29.8 Å². The van der Waals surface area contributed by atoms with Gasteiger partial charge in [0, 0.05) is 25.7 Å². The first-order chi connectivity index (χ1) is 13.3. The van der Waals surface area contributed by atoms with Crippen LogP contribution in [0.3, 0.4) is 0 Å². The lowest BCUT2D eigenvalue weighted by atomic mass is 9.99. The van der Waals surface area contributed by atoms with Gasteiger partial charge in [-0.3, -0.25) is 9.80 Å². The monoisotopic (exact) mass is 372 g/mol. The number of β-amino-alcohol motifs (C(OH)–C–C–N with tert-alkyl or cyclic N) is 1. The van der Waals surface area contributed by atoms with E-state index in [0.29, 0.717) is 12.1 Å². The molecule has 0 spiro atoms. The van der Waals surface area contributed by atoms with Crippen LogP contribution >= 0.6 is 0 Å². The number of piperidine rings is 1. The Balaban J connectivity index is 1.26. The predicted molar refractivity (Wildman–Crippen MR) is 109 cm³/mol. The molecule has 4 heteroatoms. The number of rotatable bonds is 5. The maximum Gasteiger partial charge on any atom is 0.119 e. The molecule has 1 aromatic carbocycles. The molecule has 4 rings (SSSR count). The molecule has 1 saturated carbocycles. The number of hydrogen-bond donors (Lipinski definition) is 1. The Morgan fingerprint density at radius 2 is 1.56 bits per heavy atom. The molecule has 4 nitrogen and oxygen atoms in total. The topological polar surface area (TPSA) is 35.9 Å². The van der Waals surface area contributed by atoms with Gasteiger partial charge in [-0.2, -0.15) is 0 Å². The van der Waals surface area contributed by atoms with Crippen LogP contribution in [-0.4, -0.2) is 59.3 Å². The fourth-order valence-corrected chi connectivity index (χ4v) is 5.11. The third kappa shape index (κ3) is 5.24. The van der Waals surface area contributed by atoms with Gasteiger partial charge in [-0.15, -0.1) is 0 Å². The first kappa shape index (κ1) is 19.2. The average molecular weight is 373 g/mol. The maximum atomic E-state index is 10.8. The van der Waals surface area contributed by atoms with Gasteiger partial charge < -0.3 is 9.84 Å². The van der Waals surface area contributed by atoms with Gasteiger partial charge in [-0.05, 0) is 75.7 Å². The summed E-state index contributed by atoms with van der Waals surface area (Å²) < 4.78 is 6.07. The van der Waals surface area contributed by atoms with Crippen molar-refractivity contribution in [1.82, 2.24) is 9.80 Å². The maximum absolute atomic E-state index is 10.8. The van der Waals surface area contributed by atoms with E-state index in [1.165, 1.54) is 70.0 Å². The fourth-order valence-electron chi connectivity index (χ4n) is 5.11. The Kier molecular flexibility index (Phi) is 6.69. The lowest BCUT2D eigenvalue weighted by molar-refractivity contribution is -0.0144. The molecule has 2 saturated heterocycles. The summed E-state index contributed by atoms with van der Waals surface area (Å²) in [5, 5.41) is 10.8. The number of benzene rings is 1. The zero-order valence-corrected chi connectivity index (χ0v) is 16.7. The van der Waals surface area contributed by atoms with Crippen molar-refractivity contribution in [3.8, 4) is 5.75 Å². The first-order valence-electron chi connectivity index (χ1n) is 11.2. The highest BCUT2D eigenvalue weighted by Crippen LogP contribution is 2.25. The molecule has 1 aromatic rings. The number of hydrogen-bond acceptors (Lipinski definition) is 4. The molecule has 2 atom stereocenters. The van der Waals surface area contributed by atoms with Gasteiger partial charge in [0.1, 0.15) is 5.75 Å². The minimum atomic E-state index is -0.221. The van der Waals surface area contributed by atoms with E-state index in [9.17, 15) is 5.11 Å². The average Bonchev–Trinajstić information content (AvgIpc) is 3.03. The zero-order valence-electron chi connectivity index (χ0n) is 16.7. The summed E-state index contributed by atoms with van der Waals surface area (Å²) >= 11 is 0. The molecule has 1 N–H and O–H groups in total. The van der Waals surface area contributed by atoms with Gasteiger partial charge in [-0.25, -0.2) is 0 Å². The molecule has 27 heavy (non-hydrogen) atoms. The van der Waals surface area contributed by atoms with Gasteiger partial charge >= 0.3 is 0 Å². The van der Waals surface area contributed by atoms with Gasteiger partial charge in [0.25, 0.3) is 0 Å². The van der Waals surface area contributed by atoms with Gasteiger partial charge in [0.2, 0.25) is 0 Å². The number of aliphatic hydroxyl groups excluding tert-OH is 1. The number of nitrogens with zero attached hydrogens (tertiary/aromatic N) is 2. The van der Waals surface area contributed by atoms with Crippen LogP contribution in [0.15, 0.2) is 24.3 Å². The van der Waals surface area contributed by atoms with Crippen molar-refractivity contribution < 1.29 is 9.84 Å². The van der Waals surface area contributed by atoms with Crippen molar-refractivity contribution >= 4 is 0 Å². The van der Waals surface area contributed by atoms with Crippen molar-refractivity contribution in [1.29, 1.82) is 0 Å². The summed E-state index contributed by atoms with van der Waals surface area (Å²) in [4.78, 5) is 4.97. The predicted octanol–water partition coefficient (Wildman–Crippen LogP) is 3.82. The summed E-state index contributed by atoms with van der Waals surface area (Å²) in [6, 6.07) is 8.98. The van der Waals surface area contributed by atoms with Crippen LogP contribution in [0.25, 0.3) is 0 Å². The van der Waals surface area contributed by atoms with E-state index < -0.39 is 0 Å². The summed E-state index contributed by atoms with van der Waals surface area (Å²) in [6.45, 7) is 5.14. The minimum absolute atomic E-state index is 0.221. The van der Waals surface area contributed by atoms with Gasteiger partial charge in [0.05, 0.1) is 12.2 Å². The van der Waals surface area contributed by atoms with Crippen LogP contribution in [-0.2, 0) is 6.54 Å². The third-order valence-corrected chi connectivity index (χ3v) is 6.67. The molecule has 0 bridgehead atoms. The highest BCUT2D eigenvalue weighted by molar-refractivity contribution is 5.27. The SMILES string of the molecule is O[C@@H]1CN(Cc2ccc(OC3CCCC3)cc2)CC[C@H]1N1CCCCCC1. The van der Waals surface area contributed by atoms with Gasteiger partial charge in [-0.1, -0.05) is 25.0 Å². The molecule has 0 amide bonds. The highest BCUT2D eigenvalue weighted by Gasteiger charge is 2.32. The molecule has 2 heterocycles. The summed E-state index contributed by atoms with van der Waals surface area (Å²) in [6.07, 6.45) is 11.6. The Hall–Kier alpha value is -1.10. The Morgan fingerprint density at radius 1 is 0.852 bits per heavy atom. The van der Waals surface area contributed by atoms with Crippen molar-refractivity contribution in [2.24, 2.45) is 0 Å². The molecular formula is C23H36N2O2. The second-order valence-corrected chi connectivity index (χ2v) is 8.78. The Labute approximate surface area is 164 Å². The van der Waals surface area contributed by atoms with Crippen molar-refractivity contribution in [2.75, 3.05) is 26.2 Å². The van der Waals surface area contributed by atoms with E-state index in [1.807, 2.05) is 0 Å². The van der Waals surface area contributed by atoms with Crippen molar-refractivity contribution in [3.63, 3.8) is 0 Å². The second-order valence-electron chi connectivity index (χ2n) is 8.78. The van der Waals surface area contributed by atoms with E-state index in [2.05, 4.69) is 34.1 Å². The largest absolute Gasteiger partial charge is 0.490 e. The van der Waals surface area contributed by atoms with E-state index in [-0.39, 0.29) is 6.10 Å². The van der Waals surface area contributed by atoms with Crippen LogP contribution in [0.4, 0.5) is 0 Å². The van der Waals surface area contributed by atoms with Crippen LogP contribution in [0.2, 0.25) is 0 Å². The zero-order chi connectivity index (χ0) is 18.5. The standard InChI is InChI=1S/C23H36N2O2/c26-23-18-24(16-13-22(23)25-14-5-1-2-6-15-25)17-19-9-11-21(12-10-19)27-20-7-3-4-8-20/h9-12,20,22-23,26H,1-8,13-18H2/t22-,23-/m1/s1. The normalized spacial score (nSPS) is 28.9. The molecule has 3 fully saturated rings. The molecule has 3 aliphatic rings. The Morgan fingerprint density at radius 3 is 2.22 bits per heavy atom. The number of likely N-dealkylation sites (tertiary alicyclic amines) is 2. The fraction of sp³-hybridized carbons (Fsp3) is 0.739. The van der Waals surface area contributed by atoms with E-state index in [4.69, 9.17) is 4.74 Å². The number of ether oxygens (including phenoxy) is 1. The van der Waals surface area contributed by atoms with E-state index in [0.717, 1.165) is 31.8 Å². The van der Waals surface area contributed by atoms with Gasteiger partial charge in [0.15, 0.2) is 0 Å². The van der Waals surface area contributed by atoms with Crippen LogP contribution in [0.1, 0.15) is 63.4 Å². The van der Waals surface area contributed by atoms with Crippen molar-refractivity contribution in [2.45, 2.75) is 82.6 Å². The van der Waals surface area contributed by atoms with E-state index in [1.54, 1.807) is 0 Å². The highest BCUT2D eigenvalue weighted by atomic mass is 16.5. The molecule has 150 valence electrons. The number of aliphatic hydroxyl groups is 1. The molecule has 0 unspecified atom stereocenters. The molecule has 0 aromatic heterocycles. The second kappa shape index (κ2) is 9.40. The van der Waals surface area contributed by atoms with Crippen LogP contribution in [0, 0.1) is 0 Å². The lowest BCUT2D eigenvalue weighted by Gasteiger charge is -2.41. The Bertz CT molecular complexity index is 562. The smallest absolute Gasteiger partial charge is 0.119 e. The molecular weight excluding hydrogens is 336 g/mol. The molecule has 0 radical (unpaired) electrons. The van der Waals surface area contributed by atoms with Crippen LogP contribution < -0.4 is 4.74 Å². The molecule has 2 aliphatic heterocycles. The first-order valence-corrected chi connectivity index (χ1v) is 11.2. The summed E-state index contributed by atoms with van der Waals surface area (Å²) in [7, 11) is 0. The third-order valence-electron chi connectivity index (χ3n) is 6.67.